The minimum atomic E-state index is -0.0326. The molecule has 1 N–H and O–H groups in total. The molecule has 0 saturated carbocycles. The fourth-order valence-corrected chi connectivity index (χ4v) is 4.80. The molecule has 1 amide bonds. The van der Waals surface area contributed by atoms with Crippen molar-refractivity contribution >= 4 is 17.2 Å². The van der Waals surface area contributed by atoms with Crippen LogP contribution in [0.5, 0.6) is 5.75 Å². The predicted molar refractivity (Wildman–Crippen MR) is 128 cm³/mol. The van der Waals surface area contributed by atoms with Crippen LogP contribution in [-0.2, 0) is 11.3 Å². The highest BCUT2D eigenvalue weighted by atomic mass is 32.1. The first-order valence-corrected chi connectivity index (χ1v) is 12.1. The average molecular weight is 454 g/mol. The number of methoxy groups -OCH3 is 1. The van der Waals surface area contributed by atoms with Gasteiger partial charge in [0.15, 0.2) is 0 Å². The number of aromatic nitrogens is 2. The maximum atomic E-state index is 13.0. The molecule has 2 unspecified atom stereocenters. The molecule has 1 aromatic carbocycles. The second-order valence-corrected chi connectivity index (χ2v) is 9.18. The van der Waals surface area contributed by atoms with Crippen molar-refractivity contribution < 1.29 is 14.3 Å². The Morgan fingerprint density at radius 1 is 1.38 bits per heavy atom. The maximum Gasteiger partial charge on any atom is 0.253 e. The molecule has 0 spiro atoms. The van der Waals surface area contributed by atoms with Crippen molar-refractivity contribution in [3.63, 3.8) is 0 Å². The fraction of sp³-hybridized carbons (Fsp3) is 0.440. The van der Waals surface area contributed by atoms with Gasteiger partial charge in [-0.15, -0.1) is 11.3 Å². The zero-order chi connectivity index (χ0) is 22.7. The Hall–Kier alpha value is -2.64. The van der Waals surface area contributed by atoms with Crippen LogP contribution in [0.4, 0.5) is 0 Å². The van der Waals surface area contributed by atoms with Crippen LogP contribution in [0.15, 0.2) is 35.7 Å². The molecule has 1 aliphatic heterocycles. The molecule has 0 bridgehead atoms. The number of thiazole rings is 1. The standard InChI is InChI=1S/C25H31N3O3S/c1-5-16(2)26-24(29)21-13-23(28(17(21)3)14-20-7-6-12-31-20)22-15-32-25(27-22)18-8-10-19(30-4)11-9-18/h8-11,13,15-16,20H,5-7,12,14H2,1-4H3,(H,26,29). The highest BCUT2D eigenvalue weighted by molar-refractivity contribution is 7.13. The molecule has 3 heterocycles. The van der Waals surface area contributed by atoms with Gasteiger partial charge in [-0.1, -0.05) is 6.92 Å². The predicted octanol–water partition coefficient (Wildman–Crippen LogP) is 5.30. The van der Waals surface area contributed by atoms with E-state index in [1.165, 1.54) is 0 Å². The van der Waals surface area contributed by atoms with E-state index in [0.29, 0.717) is 5.56 Å². The number of benzene rings is 1. The van der Waals surface area contributed by atoms with Gasteiger partial charge in [0.25, 0.3) is 5.91 Å². The summed E-state index contributed by atoms with van der Waals surface area (Å²) in [5.74, 6) is 0.790. The SMILES string of the molecule is CCC(C)NC(=O)c1cc(-c2csc(-c3ccc(OC)cc3)n2)n(CC2CCCO2)c1C. The Morgan fingerprint density at radius 3 is 2.81 bits per heavy atom. The van der Waals surface area contributed by atoms with Crippen LogP contribution in [0.1, 0.15) is 49.2 Å². The van der Waals surface area contributed by atoms with Gasteiger partial charge in [0.2, 0.25) is 0 Å². The number of hydrogen-bond donors (Lipinski definition) is 1. The Morgan fingerprint density at radius 2 is 2.16 bits per heavy atom. The van der Waals surface area contributed by atoms with E-state index < -0.39 is 0 Å². The summed E-state index contributed by atoms with van der Waals surface area (Å²) in [5.41, 5.74) is 4.55. The molecule has 3 aromatic rings. The lowest BCUT2D eigenvalue weighted by Gasteiger charge is -2.16. The van der Waals surface area contributed by atoms with Crippen molar-refractivity contribution in [2.45, 2.75) is 58.7 Å². The van der Waals surface area contributed by atoms with E-state index >= 15 is 0 Å². The van der Waals surface area contributed by atoms with Gasteiger partial charge in [-0.05, 0) is 63.4 Å². The van der Waals surface area contributed by atoms with Crippen molar-refractivity contribution in [1.29, 1.82) is 0 Å². The number of nitrogens with zero attached hydrogens (tertiary/aromatic N) is 2. The van der Waals surface area contributed by atoms with E-state index in [1.807, 2.05) is 44.2 Å². The molecular weight excluding hydrogens is 422 g/mol. The zero-order valence-electron chi connectivity index (χ0n) is 19.2. The number of rotatable bonds is 8. The van der Waals surface area contributed by atoms with Gasteiger partial charge in [0.05, 0.1) is 30.2 Å². The first-order chi connectivity index (χ1) is 15.5. The number of hydrogen-bond acceptors (Lipinski definition) is 5. The van der Waals surface area contributed by atoms with E-state index in [2.05, 4.69) is 22.2 Å². The number of ether oxygens (including phenoxy) is 2. The summed E-state index contributed by atoms with van der Waals surface area (Å²) in [6, 6.07) is 10.0. The molecule has 7 heteroatoms. The minimum absolute atomic E-state index is 0.0326. The van der Waals surface area contributed by atoms with Gasteiger partial charge in [0, 0.05) is 35.8 Å². The first kappa shape index (κ1) is 22.6. The number of carbonyl (C=O) groups is 1. The molecule has 1 aliphatic rings. The van der Waals surface area contributed by atoms with E-state index in [0.717, 1.165) is 65.8 Å². The Bertz CT molecular complexity index is 1060. The van der Waals surface area contributed by atoms with Gasteiger partial charge in [0.1, 0.15) is 10.8 Å². The quantitative estimate of drug-likeness (QED) is 0.502. The monoisotopic (exact) mass is 453 g/mol. The molecular formula is C25H31N3O3S. The number of amides is 1. The Balaban J connectivity index is 1.69. The van der Waals surface area contributed by atoms with Crippen LogP contribution >= 0.6 is 11.3 Å². The van der Waals surface area contributed by atoms with Crippen molar-refractivity contribution in [2.75, 3.05) is 13.7 Å². The van der Waals surface area contributed by atoms with Crippen LogP contribution in [0, 0.1) is 6.92 Å². The van der Waals surface area contributed by atoms with Crippen LogP contribution in [0.2, 0.25) is 0 Å². The second kappa shape index (κ2) is 9.88. The van der Waals surface area contributed by atoms with Crippen LogP contribution in [-0.4, -0.2) is 41.3 Å². The Kier molecular flexibility index (Phi) is 6.96. The van der Waals surface area contributed by atoms with Gasteiger partial charge in [-0.2, -0.15) is 0 Å². The van der Waals surface area contributed by atoms with Crippen molar-refractivity contribution in [3.8, 4) is 27.7 Å². The molecule has 0 radical (unpaired) electrons. The van der Waals surface area contributed by atoms with Gasteiger partial charge in [-0.3, -0.25) is 4.79 Å². The lowest BCUT2D eigenvalue weighted by Crippen LogP contribution is -2.32. The highest BCUT2D eigenvalue weighted by Gasteiger charge is 2.24. The summed E-state index contributed by atoms with van der Waals surface area (Å²) in [6.07, 6.45) is 3.19. The zero-order valence-corrected chi connectivity index (χ0v) is 20.0. The summed E-state index contributed by atoms with van der Waals surface area (Å²) >= 11 is 1.60. The van der Waals surface area contributed by atoms with E-state index in [4.69, 9.17) is 14.5 Å². The first-order valence-electron chi connectivity index (χ1n) is 11.2. The van der Waals surface area contributed by atoms with Crippen molar-refractivity contribution in [2.24, 2.45) is 0 Å². The minimum Gasteiger partial charge on any atom is -0.497 e. The lowest BCUT2D eigenvalue weighted by molar-refractivity contribution is 0.0930. The summed E-state index contributed by atoms with van der Waals surface area (Å²) < 4.78 is 13.4. The van der Waals surface area contributed by atoms with E-state index in [-0.39, 0.29) is 18.1 Å². The smallest absolute Gasteiger partial charge is 0.253 e. The molecule has 170 valence electrons. The fourth-order valence-electron chi connectivity index (χ4n) is 3.98. The third-order valence-corrected chi connectivity index (χ3v) is 7.01. The third-order valence-electron chi connectivity index (χ3n) is 6.11. The molecule has 1 fully saturated rings. The normalized spacial score (nSPS) is 16.8. The van der Waals surface area contributed by atoms with Gasteiger partial charge >= 0.3 is 0 Å². The summed E-state index contributed by atoms with van der Waals surface area (Å²) in [5, 5.41) is 6.11. The van der Waals surface area contributed by atoms with Crippen LogP contribution < -0.4 is 10.1 Å². The second-order valence-electron chi connectivity index (χ2n) is 8.32. The molecule has 32 heavy (non-hydrogen) atoms. The summed E-state index contributed by atoms with van der Waals surface area (Å²) in [4.78, 5) is 17.9. The summed E-state index contributed by atoms with van der Waals surface area (Å²) in [7, 11) is 1.66. The molecule has 2 aromatic heterocycles. The van der Waals surface area contributed by atoms with E-state index in [1.54, 1.807) is 18.4 Å². The largest absolute Gasteiger partial charge is 0.497 e. The highest BCUT2D eigenvalue weighted by Crippen LogP contribution is 2.33. The van der Waals surface area contributed by atoms with Gasteiger partial charge in [-0.25, -0.2) is 4.98 Å². The molecule has 4 rings (SSSR count). The number of carbonyl (C=O) groups excluding carboxylic acids is 1. The maximum absolute atomic E-state index is 13.0. The summed E-state index contributed by atoms with van der Waals surface area (Å²) in [6.45, 7) is 7.65. The molecule has 0 aliphatic carbocycles. The molecule has 6 nitrogen and oxygen atoms in total. The topological polar surface area (TPSA) is 65.4 Å². The van der Waals surface area contributed by atoms with Crippen LogP contribution in [0.25, 0.3) is 22.0 Å². The average Bonchev–Trinajstić information content (AvgIpc) is 3.55. The van der Waals surface area contributed by atoms with E-state index in [9.17, 15) is 4.79 Å². The number of nitrogens with one attached hydrogen (secondary N) is 1. The van der Waals surface area contributed by atoms with Crippen molar-refractivity contribution in [1.82, 2.24) is 14.9 Å². The Labute approximate surface area is 193 Å². The lowest BCUT2D eigenvalue weighted by atomic mass is 10.2. The molecule has 2 atom stereocenters. The van der Waals surface area contributed by atoms with Crippen molar-refractivity contribution in [3.05, 3.63) is 47.0 Å². The van der Waals surface area contributed by atoms with Gasteiger partial charge < -0.3 is 19.4 Å². The molecule has 1 saturated heterocycles. The van der Waals surface area contributed by atoms with Crippen LogP contribution in [0.3, 0.4) is 0 Å². The third kappa shape index (κ3) is 4.74.